The maximum atomic E-state index is 13.5. The first kappa shape index (κ1) is 62.7. The summed E-state index contributed by atoms with van der Waals surface area (Å²) in [5, 5.41) is 11.9. The third-order valence-electron chi connectivity index (χ3n) is 14.5. The normalized spacial score (nSPS) is 14.0. The molecule has 6 aromatic carbocycles. The van der Waals surface area contributed by atoms with E-state index in [9.17, 15) is 36.7 Å². The lowest BCUT2D eigenvalue weighted by atomic mass is 9.89. The van der Waals surface area contributed by atoms with Gasteiger partial charge in [0.1, 0.15) is 23.3 Å². The molecule has 0 atom stereocenters. The van der Waals surface area contributed by atoms with Crippen molar-refractivity contribution in [2.24, 2.45) is 0 Å². The van der Waals surface area contributed by atoms with Crippen molar-refractivity contribution >= 4 is 35.0 Å². The highest BCUT2D eigenvalue weighted by Gasteiger charge is 2.26. The van der Waals surface area contributed by atoms with Gasteiger partial charge in [0.2, 0.25) is 23.6 Å². The number of nitrogens with one attached hydrogen (secondary N) is 4. The Kier molecular flexibility index (Phi) is 25.4. The quantitative estimate of drug-likeness (QED) is 0.0421. The van der Waals surface area contributed by atoms with E-state index in [-0.39, 0.29) is 61.8 Å². The number of carbonyl (C=O) groups excluding carboxylic acids is 4. The Morgan fingerprint density at radius 2 is 0.835 bits per heavy atom. The molecule has 4 amide bonds. The summed E-state index contributed by atoms with van der Waals surface area (Å²) in [4.78, 5) is 54.6. The Hall–Kier alpha value is -7.16. The van der Waals surface area contributed by atoms with Crippen LogP contribution in [0.4, 0.5) is 28.9 Å². The zero-order valence-corrected chi connectivity index (χ0v) is 44.2. The van der Waals surface area contributed by atoms with Crippen molar-refractivity contribution < 1.29 is 36.7 Å². The number of likely N-dealkylation sites (tertiary alicyclic amines) is 2. The van der Waals surface area contributed by atoms with Crippen LogP contribution in [0.1, 0.15) is 144 Å². The topological polar surface area (TPSA) is 123 Å². The van der Waals surface area contributed by atoms with Crippen LogP contribution < -0.4 is 21.3 Å². The average molecular weight is 1090 g/mol. The standard InChI is InChI=1S/C33H39F2N3O2.C30H33F2N3O2.2CH4/c1-2-3-8-31(39)37-30-7-4-6-27(23-30)24-17-21-38(22-18-24)20-5-19-36-33(40)32(25-9-13-28(34)14-10-25)26-11-15-29(35)16-12-26;1-21(36)34-28-5-2-4-25(20-28)22-14-18-35(19-15-22)17-3-16-33-30(37)29(23-6-10-26(31)11-7-23)24-8-12-27(32)13-9-24;;/h4,6-7,9-16,23-24,32H,2-3,5,8,17-22H2,1H3,(H,36,40)(H,37,39);2,4-13,20,22,29H,3,14-19H2,1H3,(H,33,37)(H,34,36);2*1H4. The van der Waals surface area contributed by atoms with Crippen LogP contribution in [0.3, 0.4) is 0 Å². The molecule has 2 saturated heterocycles. The Balaban J connectivity index is 0.000000284. The number of amides is 4. The number of anilines is 2. The first-order valence-corrected chi connectivity index (χ1v) is 27.1. The molecule has 0 bridgehead atoms. The largest absolute Gasteiger partial charge is 0.355 e. The Morgan fingerprint density at radius 1 is 0.494 bits per heavy atom. The molecule has 2 aliphatic rings. The van der Waals surface area contributed by atoms with Gasteiger partial charge in [0.25, 0.3) is 0 Å². The maximum Gasteiger partial charge on any atom is 0.232 e. The highest BCUT2D eigenvalue weighted by atomic mass is 19.1. The summed E-state index contributed by atoms with van der Waals surface area (Å²) in [7, 11) is 0. The first-order chi connectivity index (χ1) is 37.3. The molecular formula is C65H80F4N6O4. The van der Waals surface area contributed by atoms with Crippen LogP contribution in [-0.2, 0) is 19.2 Å². The van der Waals surface area contributed by atoms with Gasteiger partial charge in [-0.3, -0.25) is 19.2 Å². The van der Waals surface area contributed by atoms with Crippen molar-refractivity contribution in [3.05, 3.63) is 202 Å². The molecule has 0 aromatic heterocycles. The number of benzene rings is 6. The van der Waals surface area contributed by atoms with Gasteiger partial charge in [-0.25, -0.2) is 17.6 Å². The van der Waals surface area contributed by atoms with Crippen molar-refractivity contribution in [3.8, 4) is 0 Å². The predicted octanol–water partition coefficient (Wildman–Crippen LogP) is 13.3. The zero-order chi connectivity index (χ0) is 54.5. The lowest BCUT2D eigenvalue weighted by molar-refractivity contribution is -0.122. The predicted molar refractivity (Wildman–Crippen MR) is 310 cm³/mol. The van der Waals surface area contributed by atoms with Crippen LogP contribution in [0.25, 0.3) is 0 Å². The second kappa shape index (κ2) is 32.0. The number of rotatable bonds is 21. The van der Waals surface area contributed by atoms with E-state index < -0.39 is 11.8 Å². The Morgan fingerprint density at radius 3 is 1.16 bits per heavy atom. The molecule has 0 radical (unpaired) electrons. The molecule has 2 fully saturated rings. The summed E-state index contributed by atoms with van der Waals surface area (Å²) in [5.74, 6) is -2.17. The van der Waals surface area contributed by atoms with Crippen molar-refractivity contribution in [2.45, 2.75) is 110 Å². The molecule has 10 nitrogen and oxygen atoms in total. The molecule has 6 aromatic rings. The van der Waals surface area contributed by atoms with E-state index in [0.29, 0.717) is 53.6 Å². The fourth-order valence-corrected chi connectivity index (χ4v) is 10.3. The third-order valence-corrected chi connectivity index (χ3v) is 14.5. The van der Waals surface area contributed by atoms with Crippen LogP contribution in [0.15, 0.2) is 146 Å². The number of carbonyl (C=O) groups is 4. The van der Waals surface area contributed by atoms with Gasteiger partial charge in [0.15, 0.2) is 0 Å². The summed E-state index contributed by atoms with van der Waals surface area (Å²) in [6, 6.07) is 39.8. The molecule has 0 saturated carbocycles. The lowest BCUT2D eigenvalue weighted by Crippen LogP contribution is -2.36. The van der Waals surface area contributed by atoms with E-state index in [1.54, 1.807) is 48.5 Å². The summed E-state index contributed by atoms with van der Waals surface area (Å²) in [6.07, 6.45) is 8.29. The molecule has 0 spiro atoms. The summed E-state index contributed by atoms with van der Waals surface area (Å²) in [5.41, 5.74) is 6.89. The number of halogens is 4. The molecule has 14 heteroatoms. The number of nitrogens with zero attached hydrogens (tertiary/aromatic N) is 2. The van der Waals surface area contributed by atoms with Crippen molar-refractivity contribution in [1.82, 2.24) is 20.4 Å². The monoisotopic (exact) mass is 1080 g/mol. The highest BCUT2D eigenvalue weighted by Crippen LogP contribution is 2.32. The lowest BCUT2D eigenvalue weighted by Gasteiger charge is -2.32. The van der Waals surface area contributed by atoms with Gasteiger partial charge in [-0.15, -0.1) is 0 Å². The SMILES string of the molecule is C.C.CC(=O)Nc1cccc(C2CCN(CCCNC(=O)C(c3ccc(F)cc3)c3ccc(F)cc3)CC2)c1.CCCCC(=O)Nc1cccc(C2CCN(CCCNC(=O)C(c3ccc(F)cc3)c3ccc(F)cc3)CC2)c1. The highest BCUT2D eigenvalue weighted by molar-refractivity contribution is 5.91. The minimum Gasteiger partial charge on any atom is -0.355 e. The summed E-state index contributed by atoms with van der Waals surface area (Å²) < 4.78 is 53.9. The number of piperidine rings is 2. The molecule has 0 aliphatic carbocycles. The van der Waals surface area contributed by atoms with E-state index in [0.717, 1.165) is 102 Å². The Labute approximate surface area is 465 Å². The summed E-state index contributed by atoms with van der Waals surface area (Å²) >= 11 is 0. The number of hydrogen-bond acceptors (Lipinski definition) is 6. The van der Waals surface area contributed by atoms with Crippen molar-refractivity contribution in [3.63, 3.8) is 0 Å². The van der Waals surface area contributed by atoms with Gasteiger partial charge in [0.05, 0.1) is 11.8 Å². The van der Waals surface area contributed by atoms with Crippen LogP contribution in [-0.4, -0.2) is 85.8 Å². The molecule has 2 heterocycles. The van der Waals surface area contributed by atoms with Gasteiger partial charge in [-0.1, -0.05) is 101 Å². The minimum absolute atomic E-state index is 0. The molecular weight excluding hydrogens is 1000 g/mol. The van der Waals surface area contributed by atoms with Gasteiger partial charge in [0, 0.05) is 37.8 Å². The van der Waals surface area contributed by atoms with E-state index >= 15 is 0 Å². The number of hydrogen-bond donors (Lipinski definition) is 4. The molecule has 0 unspecified atom stereocenters. The first-order valence-electron chi connectivity index (χ1n) is 27.1. The molecule has 4 N–H and O–H groups in total. The molecule has 422 valence electrons. The molecule has 2 aliphatic heterocycles. The fraction of sp³-hybridized carbons (Fsp3) is 0.385. The summed E-state index contributed by atoms with van der Waals surface area (Å²) in [6.45, 7) is 10.4. The van der Waals surface area contributed by atoms with Gasteiger partial charge in [-0.2, -0.15) is 0 Å². The van der Waals surface area contributed by atoms with E-state index in [4.69, 9.17) is 0 Å². The maximum absolute atomic E-state index is 13.5. The van der Waals surface area contributed by atoms with Crippen LogP contribution in [0, 0.1) is 23.3 Å². The zero-order valence-electron chi connectivity index (χ0n) is 44.2. The van der Waals surface area contributed by atoms with E-state index in [1.807, 2.05) is 24.3 Å². The van der Waals surface area contributed by atoms with Crippen LogP contribution in [0.5, 0.6) is 0 Å². The smallest absolute Gasteiger partial charge is 0.232 e. The second-order valence-electron chi connectivity index (χ2n) is 20.2. The van der Waals surface area contributed by atoms with E-state index in [1.165, 1.54) is 66.6 Å². The fourth-order valence-electron chi connectivity index (χ4n) is 10.3. The molecule has 79 heavy (non-hydrogen) atoms. The van der Waals surface area contributed by atoms with Crippen molar-refractivity contribution in [1.29, 1.82) is 0 Å². The van der Waals surface area contributed by atoms with Crippen LogP contribution >= 0.6 is 0 Å². The minimum atomic E-state index is -0.635. The van der Waals surface area contributed by atoms with Gasteiger partial charge < -0.3 is 31.1 Å². The van der Waals surface area contributed by atoms with E-state index in [2.05, 4.69) is 62.3 Å². The van der Waals surface area contributed by atoms with Crippen LogP contribution in [0.2, 0.25) is 0 Å². The molecule has 8 rings (SSSR count). The van der Waals surface area contributed by atoms with Gasteiger partial charge >= 0.3 is 0 Å². The van der Waals surface area contributed by atoms with Gasteiger partial charge in [-0.05, 0) is 202 Å². The number of unbranched alkanes of at least 4 members (excludes halogenated alkanes) is 1. The van der Waals surface area contributed by atoms with Crippen molar-refractivity contribution in [2.75, 3.05) is 63.0 Å². The third kappa shape index (κ3) is 19.6. The average Bonchev–Trinajstić information content (AvgIpc) is 3.45. The Bertz CT molecular complexity index is 2730. The second-order valence-corrected chi connectivity index (χ2v) is 20.2.